The van der Waals surface area contributed by atoms with E-state index in [1.54, 1.807) is 0 Å². The molecule has 1 aromatic heterocycles. The van der Waals surface area contributed by atoms with Crippen molar-refractivity contribution in [2.45, 2.75) is 17.9 Å². The fourth-order valence-electron chi connectivity index (χ4n) is 2.70. The fraction of sp³-hybridized carbons (Fsp3) is 0.389. The van der Waals surface area contributed by atoms with Gasteiger partial charge in [0.1, 0.15) is 0 Å². The second-order valence-corrected chi connectivity index (χ2v) is 8.94. The predicted octanol–water partition coefficient (Wildman–Crippen LogP) is 1.42. The first kappa shape index (κ1) is 21.4. The summed E-state index contributed by atoms with van der Waals surface area (Å²) >= 11 is 1.35. The summed E-state index contributed by atoms with van der Waals surface area (Å²) in [7, 11) is -3.70. The molecule has 1 aromatic carbocycles. The van der Waals surface area contributed by atoms with E-state index in [2.05, 4.69) is 19.9 Å². The van der Waals surface area contributed by atoms with Gasteiger partial charge in [-0.15, -0.1) is 11.3 Å². The average Bonchev–Trinajstić information content (AvgIpc) is 3.15. The van der Waals surface area contributed by atoms with Crippen LogP contribution >= 0.6 is 11.3 Å². The lowest BCUT2D eigenvalue weighted by molar-refractivity contribution is 0.0337. The van der Waals surface area contributed by atoms with Crippen molar-refractivity contribution in [3.05, 3.63) is 40.9 Å². The number of anilines is 1. The smallest absolute Gasteiger partial charge is 0.257 e. The molecule has 2 aromatic rings. The lowest BCUT2D eigenvalue weighted by atomic mass is 10.2. The number of ether oxygens (including phenoxy) is 1. The van der Waals surface area contributed by atoms with E-state index in [4.69, 9.17) is 10.00 Å². The Labute approximate surface area is 173 Å². The number of thiazole rings is 1. The summed E-state index contributed by atoms with van der Waals surface area (Å²) in [5, 5.41) is 13.6. The quantitative estimate of drug-likeness (QED) is 0.601. The molecule has 11 heteroatoms. The highest BCUT2D eigenvalue weighted by atomic mass is 32.2. The van der Waals surface area contributed by atoms with Crippen molar-refractivity contribution >= 4 is 32.4 Å². The van der Waals surface area contributed by atoms with E-state index in [1.807, 2.05) is 11.4 Å². The maximum atomic E-state index is 12.4. The molecule has 1 aliphatic heterocycles. The zero-order chi connectivity index (χ0) is 20.7. The molecular weight excluding hydrogens is 414 g/mol. The van der Waals surface area contributed by atoms with Crippen molar-refractivity contribution in [3.63, 3.8) is 0 Å². The Bertz CT molecular complexity index is 976. The summed E-state index contributed by atoms with van der Waals surface area (Å²) in [4.78, 5) is 19.1. The highest BCUT2D eigenvalue weighted by Gasteiger charge is 2.16. The minimum Gasteiger partial charge on any atom is -0.379 e. The first-order valence-electron chi connectivity index (χ1n) is 9.00. The molecule has 0 spiro atoms. The summed E-state index contributed by atoms with van der Waals surface area (Å²) in [6.07, 6.45) is 0.0844. The summed E-state index contributed by atoms with van der Waals surface area (Å²) in [5.41, 5.74) is 1.21. The van der Waals surface area contributed by atoms with Crippen molar-refractivity contribution in [1.82, 2.24) is 14.6 Å². The van der Waals surface area contributed by atoms with Crippen LogP contribution in [0.5, 0.6) is 0 Å². The van der Waals surface area contributed by atoms with Gasteiger partial charge in [0.2, 0.25) is 10.0 Å². The van der Waals surface area contributed by atoms with Gasteiger partial charge in [-0.1, -0.05) is 0 Å². The molecule has 1 amide bonds. The molecule has 3 rings (SSSR count). The molecule has 0 bridgehead atoms. The maximum absolute atomic E-state index is 12.4. The van der Waals surface area contributed by atoms with Crippen molar-refractivity contribution < 1.29 is 17.9 Å². The summed E-state index contributed by atoms with van der Waals surface area (Å²) in [6, 6.07) is 7.47. The monoisotopic (exact) mass is 435 g/mol. The van der Waals surface area contributed by atoms with Crippen molar-refractivity contribution in [1.29, 1.82) is 5.26 Å². The van der Waals surface area contributed by atoms with E-state index in [0.717, 1.165) is 18.8 Å². The van der Waals surface area contributed by atoms with Gasteiger partial charge in [0, 0.05) is 43.5 Å². The number of hydrogen-bond donors (Lipinski definition) is 2. The van der Waals surface area contributed by atoms with Crippen LogP contribution in [0.15, 0.2) is 34.5 Å². The predicted molar refractivity (Wildman–Crippen MR) is 108 cm³/mol. The number of benzene rings is 1. The van der Waals surface area contributed by atoms with Gasteiger partial charge < -0.3 is 4.74 Å². The van der Waals surface area contributed by atoms with Crippen molar-refractivity contribution in [2.75, 3.05) is 38.2 Å². The standard InChI is InChI=1S/C18H21N5O4S2/c19-6-1-7-20-29(25,26)16-4-2-14(3-5-16)17(24)22-18-21-15(13-28-18)12-23-8-10-27-11-9-23/h2-5,13,20H,1,7-12H2,(H,21,22,24). The van der Waals surface area contributed by atoms with Gasteiger partial charge in [0.15, 0.2) is 5.13 Å². The number of carbonyl (C=O) groups excluding carboxylic acids is 1. The molecule has 0 unspecified atom stereocenters. The van der Waals surface area contributed by atoms with Crippen LogP contribution in [0, 0.1) is 11.3 Å². The summed E-state index contributed by atoms with van der Waals surface area (Å²) < 4.78 is 31.9. The first-order chi connectivity index (χ1) is 14.0. The molecule has 2 N–H and O–H groups in total. The van der Waals surface area contributed by atoms with Gasteiger partial charge in [-0.3, -0.25) is 15.0 Å². The average molecular weight is 436 g/mol. The van der Waals surface area contributed by atoms with Crippen LogP contribution in [0.2, 0.25) is 0 Å². The number of sulfonamides is 1. The van der Waals surface area contributed by atoms with Gasteiger partial charge >= 0.3 is 0 Å². The number of nitriles is 1. The molecule has 1 saturated heterocycles. The normalized spacial score (nSPS) is 15.0. The number of nitrogens with one attached hydrogen (secondary N) is 2. The van der Waals surface area contributed by atoms with Gasteiger partial charge in [0.25, 0.3) is 5.91 Å². The Kier molecular flexibility index (Phi) is 7.29. The third-order valence-electron chi connectivity index (χ3n) is 4.22. The third-order valence-corrected chi connectivity index (χ3v) is 6.50. The second kappa shape index (κ2) is 9.91. The molecule has 2 heterocycles. The van der Waals surface area contributed by atoms with E-state index in [1.165, 1.54) is 35.6 Å². The number of nitrogens with zero attached hydrogens (tertiary/aromatic N) is 3. The number of rotatable bonds is 8. The van der Waals surface area contributed by atoms with Crippen LogP contribution < -0.4 is 10.0 Å². The third kappa shape index (κ3) is 6.06. The minimum absolute atomic E-state index is 0.0361. The number of amides is 1. The molecule has 0 radical (unpaired) electrons. The van der Waals surface area contributed by atoms with Gasteiger partial charge in [-0.25, -0.2) is 18.1 Å². The highest BCUT2D eigenvalue weighted by molar-refractivity contribution is 7.89. The molecular formula is C18H21N5O4S2. The van der Waals surface area contributed by atoms with Crippen LogP contribution in [0.3, 0.4) is 0 Å². The Morgan fingerprint density at radius 2 is 2.00 bits per heavy atom. The zero-order valence-electron chi connectivity index (χ0n) is 15.6. The summed E-state index contributed by atoms with van der Waals surface area (Å²) in [6.45, 7) is 3.90. The first-order valence-corrected chi connectivity index (χ1v) is 11.4. The second-order valence-electron chi connectivity index (χ2n) is 6.32. The fourth-order valence-corrected chi connectivity index (χ4v) is 4.43. The Hall–Kier alpha value is -2.36. The molecule has 0 saturated carbocycles. The number of carbonyl (C=O) groups is 1. The molecule has 9 nitrogen and oxygen atoms in total. The lowest BCUT2D eigenvalue weighted by Gasteiger charge is -2.25. The molecule has 0 aliphatic carbocycles. The Morgan fingerprint density at radius 3 is 2.69 bits per heavy atom. The zero-order valence-corrected chi connectivity index (χ0v) is 17.3. The molecule has 154 valence electrons. The Balaban J connectivity index is 1.57. The number of aromatic nitrogens is 1. The number of hydrogen-bond acceptors (Lipinski definition) is 8. The molecule has 29 heavy (non-hydrogen) atoms. The van der Waals surface area contributed by atoms with Crippen LogP contribution in [0.25, 0.3) is 0 Å². The highest BCUT2D eigenvalue weighted by Crippen LogP contribution is 2.19. The largest absolute Gasteiger partial charge is 0.379 e. The van der Waals surface area contributed by atoms with E-state index < -0.39 is 10.0 Å². The van der Waals surface area contributed by atoms with Crippen LogP contribution in [-0.2, 0) is 21.3 Å². The van der Waals surface area contributed by atoms with Crippen LogP contribution in [0.4, 0.5) is 5.13 Å². The van der Waals surface area contributed by atoms with E-state index in [-0.39, 0.29) is 23.8 Å². The summed E-state index contributed by atoms with van der Waals surface area (Å²) in [5.74, 6) is -0.362. The SMILES string of the molecule is N#CCCNS(=O)(=O)c1ccc(C(=O)Nc2nc(CN3CCOCC3)cs2)cc1. The van der Waals surface area contributed by atoms with Gasteiger partial charge in [-0.2, -0.15) is 5.26 Å². The molecule has 1 fully saturated rings. The van der Waals surface area contributed by atoms with Gasteiger partial charge in [0.05, 0.1) is 29.9 Å². The van der Waals surface area contributed by atoms with E-state index >= 15 is 0 Å². The molecule has 1 aliphatic rings. The topological polar surface area (TPSA) is 124 Å². The van der Waals surface area contributed by atoms with Crippen LogP contribution in [-0.4, -0.2) is 57.1 Å². The van der Waals surface area contributed by atoms with Gasteiger partial charge in [-0.05, 0) is 24.3 Å². The maximum Gasteiger partial charge on any atom is 0.257 e. The molecule has 0 atom stereocenters. The minimum atomic E-state index is -3.70. The van der Waals surface area contributed by atoms with Crippen molar-refractivity contribution in [3.8, 4) is 6.07 Å². The lowest BCUT2D eigenvalue weighted by Crippen LogP contribution is -2.35. The Morgan fingerprint density at radius 1 is 1.28 bits per heavy atom. The number of morpholine rings is 1. The van der Waals surface area contributed by atoms with Crippen molar-refractivity contribution in [2.24, 2.45) is 0 Å². The van der Waals surface area contributed by atoms with E-state index in [9.17, 15) is 13.2 Å². The van der Waals surface area contributed by atoms with E-state index in [0.29, 0.717) is 30.5 Å². The van der Waals surface area contributed by atoms with Crippen LogP contribution in [0.1, 0.15) is 22.5 Å².